The van der Waals surface area contributed by atoms with Crippen LogP contribution in [0.1, 0.15) is 32.8 Å². The van der Waals surface area contributed by atoms with E-state index in [-0.39, 0.29) is 17.0 Å². The van der Waals surface area contributed by atoms with E-state index in [1.165, 1.54) is 0 Å². The number of aromatic nitrogens is 2. The summed E-state index contributed by atoms with van der Waals surface area (Å²) >= 11 is 0. The lowest BCUT2D eigenvalue weighted by atomic mass is 9.92. The third-order valence-corrected chi connectivity index (χ3v) is 2.76. The monoisotopic (exact) mass is 261 g/mol. The first-order valence-electron chi connectivity index (χ1n) is 6.31. The molecule has 0 unspecified atom stereocenters. The van der Waals surface area contributed by atoms with Crippen molar-refractivity contribution in [3.8, 4) is 0 Å². The topological polar surface area (TPSA) is 77.8 Å². The van der Waals surface area contributed by atoms with Crippen molar-refractivity contribution in [3.05, 3.63) is 34.2 Å². The molecule has 1 aromatic heterocycles. The van der Waals surface area contributed by atoms with Crippen molar-refractivity contribution < 1.29 is 4.79 Å². The smallest absolute Gasteiger partial charge is 0.323 e. The quantitative estimate of drug-likeness (QED) is 0.789. The molecule has 0 saturated heterocycles. The lowest BCUT2D eigenvalue weighted by molar-refractivity contribution is -0.122. The standard InChI is InChI=1S/C14H19N3O2/c1-14(2,3)7-12(18)15-8-9-4-5-10-11(6-9)17-13(19)16-10/h4-6H,7-8H2,1-3H3,(H,15,18)(H2,16,17,19). The largest absolute Gasteiger partial charge is 0.352 e. The zero-order chi connectivity index (χ0) is 14.0. The zero-order valence-corrected chi connectivity index (χ0v) is 11.5. The molecule has 0 atom stereocenters. The highest BCUT2D eigenvalue weighted by Gasteiger charge is 2.15. The number of benzene rings is 1. The molecular weight excluding hydrogens is 242 g/mol. The van der Waals surface area contributed by atoms with Crippen LogP contribution >= 0.6 is 0 Å². The Hall–Kier alpha value is -2.04. The SMILES string of the molecule is CC(C)(C)CC(=O)NCc1ccc2[nH]c(=O)[nH]c2c1. The predicted octanol–water partition coefficient (Wildman–Crippen LogP) is 1.91. The van der Waals surface area contributed by atoms with Gasteiger partial charge in [0.05, 0.1) is 11.0 Å². The molecule has 5 heteroatoms. The normalized spacial score (nSPS) is 11.7. The van der Waals surface area contributed by atoms with E-state index < -0.39 is 0 Å². The Morgan fingerprint density at radius 2 is 1.89 bits per heavy atom. The molecular formula is C14H19N3O2. The Balaban J connectivity index is 2.01. The number of H-pyrrole nitrogens is 2. The van der Waals surface area contributed by atoms with Crippen molar-refractivity contribution >= 4 is 16.9 Å². The van der Waals surface area contributed by atoms with Crippen molar-refractivity contribution in [3.63, 3.8) is 0 Å². The van der Waals surface area contributed by atoms with E-state index in [2.05, 4.69) is 15.3 Å². The summed E-state index contributed by atoms with van der Waals surface area (Å²) in [6.45, 7) is 6.56. The number of carbonyl (C=O) groups excluding carboxylic acids is 1. The maximum absolute atomic E-state index is 11.7. The maximum Gasteiger partial charge on any atom is 0.323 e. The minimum Gasteiger partial charge on any atom is -0.352 e. The highest BCUT2D eigenvalue weighted by molar-refractivity contribution is 5.77. The van der Waals surface area contributed by atoms with Gasteiger partial charge in [0.2, 0.25) is 5.91 Å². The van der Waals surface area contributed by atoms with Crippen LogP contribution in [-0.2, 0) is 11.3 Å². The molecule has 102 valence electrons. The van der Waals surface area contributed by atoms with Crippen molar-refractivity contribution in [1.29, 1.82) is 0 Å². The lowest BCUT2D eigenvalue weighted by Gasteiger charge is -2.17. The van der Waals surface area contributed by atoms with E-state index in [0.29, 0.717) is 13.0 Å². The molecule has 2 rings (SSSR count). The molecule has 1 heterocycles. The zero-order valence-electron chi connectivity index (χ0n) is 11.5. The molecule has 19 heavy (non-hydrogen) atoms. The number of fused-ring (bicyclic) bond motifs is 1. The van der Waals surface area contributed by atoms with E-state index in [0.717, 1.165) is 16.6 Å². The average Bonchev–Trinajstić information content (AvgIpc) is 2.63. The van der Waals surface area contributed by atoms with Gasteiger partial charge in [-0.25, -0.2) is 4.79 Å². The highest BCUT2D eigenvalue weighted by Crippen LogP contribution is 2.18. The Morgan fingerprint density at radius 3 is 2.58 bits per heavy atom. The molecule has 2 aromatic rings. The van der Waals surface area contributed by atoms with Gasteiger partial charge in [-0.3, -0.25) is 4.79 Å². The first-order chi connectivity index (χ1) is 8.83. The molecule has 0 spiro atoms. The van der Waals surface area contributed by atoms with Crippen LogP contribution in [0.25, 0.3) is 11.0 Å². The summed E-state index contributed by atoms with van der Waals surface area (Å²) in [5.41, 5.74) is 2.26. The summed E-state index contributed by atoms with van der Waals surface area (Å²) in [6, 6.07) is 5.59. The molecule has 0 fully saturated rings. The average molecular weight is 261 g/mol. The number of hydrogen-bond donors (Lipinski definition) is 3. The summed E-state index contributed by atoms with van der Waals surface area (Å²) < 4.78 is 0. The molecule has 0 aliphatic heterocycles. The molecule has 0 bridgehead atoms. The van der Waals surface area contributed by atoms with Crippen molar-refractivity contribution in [2.75, 3.05) is 0 Å². The number of rotatable bonds is 3. The second kappa shape index (κ2) is 4.91. The van der Waals surface area contributed by atoms with Crippen molar-refractivity contribution in [1.82, 2.24) is 15.3 Å². The second-order valence-electron chi connectivity index (χ2n) is 5.97. The van der Waals surface area contributed by atoms with E-state index in [9.17, 15) is 9.59 Å². The van der Waals surface area contributed by atoms with Gasteiger partial charge in [0.25, 0.3) is 0 Å². The molecule has 0 aliphatic carbocycles. The number of carbonyl (C=O) groups is 1. The third-order valence-electron chi connectivity index (χ3n) is 2.76. The minimum absolute atomic E-state index is 0.0140. The number of amides is 1. The first-order valence-corrected chi connectivity index (χ1v) is 6.31. The number of hydrogen-bond acceptors (Lipinski definition) is 2. The minimum atomic E-state index is -0.219. The van der Waals surface area contributed by atoms with Crippen LogP contribution in [0.15, 0.2) is 23.0 Å². The summed E-state index contributed by atoms with van der Waals surface area (Å²) in [4.78, 5) is 28.3. The molecule has 1 amide bonds. The summed E-state index contributed by atoms with van der Waals surface area (Å²) in [5.74, 6) is 0.0372. The molecule has 0 saturated carbocycles. The lowest BCUT2D eigenvalue weighted by Crippen LogP contribution is -2.27. The Bertz CT molecular complexity index is 646. The number of aromatic amines is 2. The second-order valence-corrected chi connectivity index (χ2v) is 5.97. The Morgan fingerprint density at radius 1 is 1.21 bits per heavy atom. The van der Waals surface area contributed by atoms with Crippen LogP contribution in [0.2, 0.25) is 0 Å². The molecule has 0 radical (unpaired) electrons. The van der Waals surface area contributed by atoms with Gasteiger partial charge >= 0.3 is 5.69 Å². The fourth-order valence-electron chi connectivity index (χ4n) is 1.93. The number of nitrogens with one attached hydrogen (secondary N) is 3. The van der Waals surface area contributed by atoms with Crippen LogP contribution < -0.4 is 11.0 Å². The van der Waals surface area contributed by atoms with Gasteiger partial charge in [-0.15, -0.1) is 0 Å². The van der Waals surface area contributed by atoms with Crippen molar-refractivity contribution in [2.24, 2.45) is 5.41 Å². The summed E-state index contributed by atoms with van der Waals surface area (Å²) in [6.07, 6.45) is 0.496. The maximum atomic E-state index is 11.7. The van der Waals surface area contributed by atoms with Gasteiger partial charge in [0, 0.05) is 13.0 Å². The van der Waals surface area contributed by atoms with Crippen LogP contribution in [-0.4, -0.2) is 15.9 Å². The fourth-order valence-corrected chi connectivity index (χ4v) is 1.93. The van der Waals surface area contributed by atoms with Crippen molar-refractivity contribution in [2.45, 2.75) is 33.7 Å². The Labute approximate surface area is 111 Å². The first kappa shape index (κ1) is 13.4. The van der Waals surface area contributed by atoms with Crippen LogP contribution in [0, 0.1) is 5.41 Å². The fraction of sp³-hybridized carbons (Fsp3) is 0.429. The summed E-state index contributed by atoms with van der Waals surface area (Å²) in [7, 11) is 0. The van der Waals surface area contributed by atoms with E-state index in [4.69, 9.17) is 0 Å². The van der Waals surface area contributed by atoms with E-state index >= 15 is 0 Å². The van der Waals surface area contributed by atoms with E-state index in [1.807, 2.05) is 39.0 Å². The van der Waals surface area contributed by atoms with Gasteiger partial charge in [-0.1, -0.05) is 26.8 Å². The van der Waals surface area contributed by atoms with Gasteiger partial charge in [-0.05, 0) is 23.1 Å². The van der Waals surface area contributed by atoms with Gasteiger partial charge < -0.3 is 15.3 Å². The van der Waals surface area contributed by atoms with Crippen LogP contribution in [0.3, 0.4) is 0 Å². The third kappa shape index (κ3) is 3.71. The molecule has 3 N–H and O–H groups in total. The molecule has 0 aliphatic rings. The number of imidazole rings is 1. The van der Waals surface area contributed by atoms with Gasteiger partial charge in [0.1, 0.15) is 0 Å². The van der Waals surface area contributed by atoms with Crippen LogP contribution in [0.5, 0.6) is 0 Å². The van der Waals surface area contributed by atoms with Crippen LogP contribution in [0.4, 0.5) is 0 Å². The van der Waals surface area contributed by atoms with Gasteiger partial charge in [-0.2, -0.15) is 0 Å². The van der Waals surface area contributed by atoms with E-state index in [1.54, 1.807) is 0 Å². The van der Waals surface area contributed by atoms with Gasteiger partial charge in [0.15, 0.2) is 0 Å². The predicted molar refractivity (Wildman–Crippen MR) is 74.8 cm³/mol. The summed E-state index contributed by atoms with van der Waals surface area (Å²) in [5, 5.41) is 2.89. The molecule has 5 nitrogen and oxygen atoms in total. The highest BCUT2D eigenvalue weighted by atomic mass is 16.1. The Kier molecular flexibility index (Phi) is 3.46. The molecule has 1 aromatic carbocycles.